The maximum Gasteiger partial charge on any atom is 0.254 e. The Kier molecular flexibility index (Phi) is 4.47. The van der Waals surface area contributed by atoms with Gasteiger partial charge in [-0.15, -0.1) is 0 Å². The minimum atomic E-state index is -0.305. The standard InChI is InChI=1S/C19H23N3O3/c1-19(2)10-9-14-17(24)16(21-20-15(23)11-22(3)4)12-7-5-6-8-13(12)18(14)25-19/h5-8H,9-11H2,1-4H3,(H,20,23)/b21-16+. The number of allylic oxidation sites excluding steroid dienone is 1. The molecular weight excluding hydrogens is 318 g/mol. The molecule has 6 heteroatoms. The molecule has 0 fully saturated rings. The third-order valence-electron chi connectivity index (χ3n) is 4.30. The van der Waals surface area contributed by atoms with Gasteiger partial charge in [0.25, 0.3) is 5.91 Å². The Balaban J connectivity index is 1.99. The van der Waals surface area contributed by atoms with E-state index in [2.05, 4.69) is 10.5 Å². The predicted octanol–water partition coefficient (Wildman–Crippen LogP) is 1.95. The van der Waals surface area contributed by atoms with E-state index in [4.69, 9.17) is 4.74 Å². The lowest BCUT2D eigenvalue weighted by Gasteiger charge is -2.36. The summed E-state index contributed by atoms with van der Waals surface area (Å²) in [6.45, 7) is 4.25. The van der Waals surface area contributed by atoms with Crippen LogP contribution in [-0.2, 0) is 14.3 Å². The zero-order valence-corrected chi connectivity index (χ0v) is 15.0. The summed E-state index contributed by atoms with van der Waals surface area (Å²) >= 11 is 0. The summed E-state index contributed by atoms with van der Waals surface area (Å²) in [6, 6.07) is 7.52. The van der Waals surface area contributed by atoms with Crippen molar-refractivity contribution in [3.63, 3.8) is 0 Å². The molecule has 132 valence electrons. The highest BCUT2D eigenvalue weighted by Gasteiger charge is 2.38. The summed E-state index contributed by atoms with van der Waals surface area (Å²) in [5, 5.41) is 4.14. The van der Waals surface area contributed by atoms with Crippen LogP contribution in [0.2, 0.25) is 0 Å². The molecule has 1 amide bonds. The molecule has 1 aromatic carbocycles. The van der Waals surface area contributed by atoms with Gasteiger partial charge >= 0.3 is 0 Å². The molecule has 1 aliphatic carbocycles. The lowest BCUT2D eigenvalue weighted by Crippen LogP contribution is -2.37. The second kappa shape index (κ2) is 6.44. The molecule has 0 unspecified atom stereocenters. The van der Waals surface area contributed by atoms with Gasteiger partial charge in [-0.1, -0.05) is 24.3 Å². The summed E-state index contributed by atoms with van der Waals surface area (Å²) in [5.41, 5.74) is 4.63. The van der Waals surface area contributed by atoms with Crippen LogP contribution >= 0.6 is 0 Å². The van der Waals surface area contributed by atoms with Crippen LogP contribution in [0, 0.1) is 0 Å². The number of hydrogen-bond acceptors (Lipinski definition) is 5. The van der Waals surface area contributed by atoms with Crippen molar-refractivity contribution < 1.29 is 14.3 Å². The van der Waals surface area contributed by atoms with Gasteiger partial charge in [-0.2, -0.15) is 5.10 Å². The lowest BCUT2D eigenvalue weighted by atomic mass is 9.82. The Labute approximate surface area is 147 Å². The quantitative estimate of drug-likeness (QED) is 0.853. The number of Topliss-reactive ketones (excluding diaryl/α,β-unsaturated/α-hetero) is 1. The highest BCUT2D eigenvalue weighted by Crippen LogP contribution is 2.41. The molecule has 1 aliphatic heterocycles. The van der Waals surface area contributed by atoms with Gasteiger partial charge in [0.05, 0.1) is 6.54 Å². The van der Waals surface area contributed by atoms with Crippen LogP contribution in [0.5, 0.6) is 0 Å². The van der Waals surface area contributed by atoms with Gasteiger partial charge in [0.15, 0.2) is 0 Å². The first-order valence-electron chi connectivity index (χ1n) is 8.36. The van der Waals surface area contributed by atoms with E-state index in [9.17, 15) is 9.59 Å². The molecule has 0 spiro atoms. The minimum absolute atomic E-state index is 0.172. The molecule has 2 aliphatic rings. The maximum atomic E-state index is 12.9. The lowest BCUT2D eigenvalue weighted by molar-refractivity contribution is -0.121. The molecule has 6 nitrogen and oxygen atoms in total. The molecule has 0 radical (unpaired) electrons. The Morgan fingerprint density at radius 3 is 2.64 bits per heavy atom. The van der Waals surface area contributed by atoms with Crippen molar-refractivity contribution in [1.82, 2.24) is 10.3 Å². The Morgan fingerprint density at radius 2 is 1.96 bits per heavy atom. The average molecular weight is 341 g/mol. The summed E-state index contributed by atoms with van der Waals surface area (Å²) < 4.78 is 6.11. The van der Waals surface area contributed by atoms with Gasteiger partial charge in [0, 0.05) is 16.7 Å². The van der Waals surface area contributed by atoms with Crippen LogP contribution in [0.4, 0.5) is 0 Å². The third kappa shape index (κ3) is 3.49. The van der Waals surface area contributed by atoms with E-state index in [0.717, 1.165) is 12.0 Å². The number of likely N-dealkylation sites (N-methyl/N-ethyl adjacent to an activating group) is 1. The van der Waals surface area contributed by atoms with Crippen molar-refractivity contribution in [2.75, 3.05) is 20.6 Å². The monoisotopic (exact) mass is 341 g/mol. The number of hydrogen-bond donors (Lipinski definition) is 1. The summed E-state index contributed by atoms with van der Waals surface area (Å²) in [5.74, 6) is 0.216. The fourth-order valence-electron chi connectivity index (χ4n) is 3.07. The largest absolute Gasteiger partial charge is 0.487 e. The van der Waals surface area contributed by atoms with E-state index in [-0.39, 0.29) is 29.5 Å². The molecule has 25 heavy (non-hydrogen) atoms. The van der Waals surface area contributed by atoms with E-state index in [1.165, 1.54) is 0 Å². The molecule has 0 aromatic heterocycles. The number of carbonyl (C=O) groups is 2. The molecule has 0 saturated heterocycles. The highest BCUT2D eigenvalue weighted by atomic mass is 16.5. The average Bonchev–Trinajstić information content (AvgIpc) is 2.53. The molecule has 1 aromatic rings. The third-order valence-corrected chi connectivity index (χ3v) is 4.30. The van der Waals surface area contributed by atoms with Gasteiger partial charge in [-0.25, -0.2) is 5.43 Å². The molecule has 0 atom stereocenters. The number of carbonyl (C=O) groups excluding carboxylic acids is 2. The molecule has 1 heterocycles. The van der Waals surface area contributed by atoms with E-state index in [1.807, 2.05) is 38.1 Å². The fraction of sp³-hybridized carbons (Fsp3) is 0.421. The van der Waals surface area contributed by atoms with E-state index < -0.39 is 0 Å². The summed E-state index contributed by atoms with van der Waals surface area (Å²) in [4.78, 5) is 26.6. The molecule has 0 bridgehead atoms. The minimum Gasteiger partial charge on any atom is -0.487 e. The molecule has 1 N–H and O–H groups in total. The van der Waals surface area contributed by atoms with Crippen LogP contribution in [0.3, 0.4) is 0 Å². The van der Waals surface area contributed by atoms with Gasteiger partial charge in [0.1, 0.15) is 17.1 Å². The number of ether oxygens (including phenoxy) is 1. The van der Waals surface area contributed by atoms with Crippen molar-refractivity contribution in [3.05, 3.63) is 41.0 Å². The van der Waals surface area contributed by atoms with Crippen LogP contribution < -0.4 is 5.43 Å². The van der Waals surface area contributed by atoms with Gasteiger partial charge in [0.2, 0.25) is 5.78 Å². The highest BCUT2D eigenvalue weighted by molar-refractivity contribution is 6.54. The number of fused-ring (bicyclic) bond motifs is 2. The van der Waals surface area contributed by atoms with Crippen molar-refractivity contribution in [1.29, 1.82) is 0 Å². The first-order chi connectivity index (χ1) is 11.8. The van der Waals surface area contributed by atoms with Crippen molar-refractivity contribution in [2.45, 2.75) is 32.3 Å². The number of nitrogens with zero attached hydrogens (tertiary/aromatic N) is 2. The number of nitrogens with one attached hydrogen (secondary N) is 1. The fourth-order valence-corrected chi connectivity index (χ4v) is 3.07. The van der Waals surface area contributed by atoms with Gasteiger partial charge in [-0.05, 0) is 40.8 Å². The topological polar surface area (TPSA) is 71.0 Å². The molecular formula is C19H23N3O3. The predicted molar refractivity (Wildman–Crippen MR) is 96.0 cm³/mol. The molecule has 3 rings (SSSR count). The zero-order chi connectivity index (χ0) is 18.2. The zero-order valence-electron chi connectivity index (χ0n) is 15.0. The normalized spacial score (nSPS) is 20.2. The first-order valence-corrected chi connectivity index (χ1v) is 8.36. The number of ketones is 1. The van der Waals surface area contributed by atoms with E-state index in [1.54, 1.807) is 19.0 Å². The van der Waals surface area contributed by atoms with Crippen molar-refractivity contribution in [3.8, 4) is 0 Å². The Bertz CT molecular complexity index is 791. The number of amides is 1. The van der Waals surface area contributed by atoms with Crippen molar-refractivity contribution >= 4 is 23.2 Å². The smallest absolute Gasteiger partial charge is 0.254 e. The second-order valence-electron chi connectivity index (χ2n) is 7.28. The number of benzene rings is 1. The SMILES string of the molecule is CN(C)CC(=O)N/N=C1/C(=O)C2=C(OC(C)(C)CC2)c2ccccc21. The van der Waals surface area contributed by atoms with Crippen LogP contribution in [0.25, 0.3) is 5.76 Å². The summed E-state index contributed by atoms with van der Waals surface area (Å²) in [7, 11) is 3.60. The number of rotatable bonds is 3. The molecule has 0 saturated carbocycles. The van der Waals surface area contributed by atoms with Crippen LogP contribution in [0.1, 0.15) is 37.8 Å². The van der Waals surface area contributed by atoms with E-state index in [0.29, 0.717) is 23.3 Å². The van der Waals surface area contributed by atoms with Gasteiger partial charge in [-0.3, -0.25) is 9.59 Å². The van der Waals surface area contributed by atoms with Crippen LogP contribution in [0.15, 0.2) is 34.9 Å². The Morgan fingerprint density at radius 1 is 1.28 bits per heavy atom. The number of hydrazone groups is 1. The van der Waals surface area contributed by atoms with Gasteiger partial charge < -0.3 is 9.64 Å². The summed E-state index contributed by atoms with van der Waals surface area (Å²) in [6.07, 6.45) is 1.40. The van der Waals surface area contributed by atoms with Crippen molar-refractivity contribution in [2.24, 2.45) is 5.10 Å². The second-order valence-corrected chi connectivity index (χ2v) is 7.28. The Hall–Kier alpha value is -2.47. The van der Waals surface area contributed by atoms with E-state index >= 15 is 0 Å². The van der Waals surface area contributed by atoms with Crippen LogP contribution in [-0.4, -0.2) is 48.5 Å². The first kappa shape index (κ1) is 17.4. The maximum absolute atomic E-state index is 12.9.